The fraction of sp³-hybridized carbons (Fsp3) is 0.286. The molecule has 2 rings (SSSR count). The largest absolute Gasteiger partial charge is 0.422 e. The van der Waals surface area contributed by atoms with E-state index in [-0.39, 0.29) is 24.5 Å². The van der Waals surface area contributed by atoms with Crippen LogP contribution in [0.1, 0.15) is 24.2 Å². The van der Waals surface area contributed by atoms with Crippen molar-refractivity contribution in [3.63, 3.8) is 0 Å². The minimum Gasteiger partial charge on any atom is -0.422 e. The second-order valence-corrected chi connectivity index (χ2v) is 5.03. The standard InChI is InChI=1S/C14H16N2O3.ClH/c1-14(2,8-15)16-12(17)10-7-9-5-3-4-6-11(9)19-13(10)18;/h3-7H,8,15H2,1-2H3,(H,16,17);1H. The number of nitrogens with one attached hydrogen (secondary N) is 1. The zero-order valence-corrected chi connectivity index (χ0v) is 12.1. The Balaban J connectivity index is 0.00000200. The van der Waals surface area contributed by atoms with Crippen molar-refractivity contribution in [2.45, 2.75) is 19.4 Å². The van der Waals surface area contributed by atoms with Gasteiger partial charge in [0.15, 0.2) is 0 Å². The summed E-state index contributed by atoms with van der Waals surface area (Å²) in [4.78, 5) is 23.8. The number of carbonyl (C=O) groups is 1. The molecule has 20 heavy (non-hydrogen) atoms. The number of benzene rings is 1. The van der Waals surface area contributed by atoms with Crippen molar-refractivity contribution in [2.75, 3.05) is 6.54 Å². The molecule has 0 fully saturated rings. The molecule has 3 N–H and O–H groups in total. The number of hydrogen-bond donors (Lipinski definition) is 2. The van der Waals surface area contributed by atoms with Crippen molar-refractivity contribution in [3.05, 3.63) is 46.3 Å². The van der Waals surface area contributed by atoms with Gasteiger partial charge in [-0.05, 0) is 26.0 Å². The van der Waals surface area contributed by atoms with Crippen LogP contribution in [0, 0.1) is 0 Å². The second kappa shape index (κ2) is 6.07. The number of carbonyl (C=O) groups excluding carboxylic acids is 1. The Morgan fingerprint density at radius 1 is 1.35 bits per heavy atom. The first-order valence-electron chi connectivity index (χ1n) is 5.98. The van der Waals surface area contributed by atoms with Gasteiger partial charge in [0.1, 0.15) is 11.1 Å². The van der Waals surface area contributed by atoms with Gasteiger partial charge in [0.2, 0.25) is 0 Å². The van der Waals surface area contributed by atoms with Crippen molar-refractivity contribution in [1.82, 2.24) is 5.32 Å². The summed E-state index contributed by atoms with van der Waals surface area (Å²) in [6.07, 6.45) is 0. The van der Waals surface area contributed by atoms with E-state index in [1.165, 1.54) is 6.07 Å². The lowest BCUT2D eigenvalue weighted by Crippen LogP contribution is -2.49. The zero-order valence-electron chi connectivity index (χ0n) is 11.3. The monoisotopic (exact) mass is 296 g/mol. The van der Waals surface area contributed by atoms with Gasteiger partial charge in [-0.15, -0.1) is 12.4 Å². The van der Waals surface area contributed by atoms with Crippen molar-refractivity contribution >= 4 is 29.3 Å². The molecular weight excluding hydrogens is 280 g/mol. The molecule has 0 unspecified atom stereocenters. The first-order chi connectivity index (χ1) is 8.93. The molecule has 0 aliphatic carbocycles. The van der Waals surface area contributed by atoms with Gasteiger partial charge < -0.3 is 15.5 Å². The zero-order chi connectivity index (χ0) is 14.0. The third-order valence-electron chi connectivity index (χ3n) is 2.85. The molecule has 1 aromatic heterocycles. The Morgan fingerprint density at radius 3 is 2.65 bits per heavy atom. The first-order valence-corrected chi connectivity index (χ1v) is 5.98. The lowest BCUT2D eigenvalue weighted by molar-refractivity contribution is 0.0912. The molecule has 0 aliphatic heterocycles. The Labute approximate surface area is 122 Å². The predicted octanol–water partition coefficient (Wildman–Crippen LogP) is 1.68. The summed E-state index contributed by atoms with van der Waals surface area (Å²) >= 11 is 0. The molecule has 1 amide bonds. The summed E-state index contributed by atoms with van der Waals surface area (Å²) in [5, 5.41) is 3.41. The Morgan fingerprint density at radius 2 is 2.00 bits per heavy atom. The average molecular weight is 297 g/mol. The molecule has 2 aromatic rings. The first kappa shape index (κ1) is 16.2. The maximum Gasteiger partial charge on any atom is 0.349 e. The third kappa shape index (κ3) is 3.37. The van der Waals surface area contributed by atoms with Crippen LogP contribution >= 0.6 is 12.4 Å². The fourth-order valence-electron chi connectivity index (χ4n) is 1.65. The van der Waals surface area contributed by atoms with Crippen LogP contribution in [-0.4, -0.2) is 18.0 Å². The number of amides is 1. The maximum atomic E-state index is 12.1. The lowest BCUT2D eigenvalue weighted by Gasteiger charge is -2.23. The van der Waals surface area contributed by atoms with Gasteiger partial charge in [-0.1, -0.05) is 18.2 Å². The highest BCUT2D eigenvalue weighted by Crippen LogP contribution is 2.13. The molecule has 0 radical (unpaired) electrons. The summed E-state index contributed by atoms with van der Waals surface area (Å²) in [7, 11) is 0. The van der Waals surface area contributed by atoms with Crippen molar-refractivity contribution in [2.24, 2.45) is 5.73 Å². The average Bonchev–Trinajstić information content (AvgIpc) is 2.37. The summed E-state index contributed by atoms with van der Waals surface area (Å²) < 4.78 is 5.11. The minimum absolute atomic E-state index is 0. The van der Waals surface area contributed by atoms with E-state index < -0.39 is 17.1 Å². The predicted molar refractivity (Wildman–Crippen MR) is 80.3 cm³/mol. The molecule has 0 saturated heterocycles. The highest BCUT2D eigenvalue weighted by atomic mass is 35.5. The molecule has 108 valence electrons. The lowest BCUT2D eigenvalue weighted by atomic mass is 10.1. The Bertz CT molecular complexity index is 679. The molecule has 0 bridgehead atoms. The van der Waals surface area contributed by atoms with E-state index in [1.807, 2.05) is 6.07 Å². The van der Waals surface area contributed by atoms with Gasteiger partial charge in [0, 0.05) is 17.5 Å². The summed E-state index contributed by atoms with van der Waals surface area (Å²) in [5.74, 6) is -0.477. The smallest absolute Gasteiger partial charge is 0.349 e. The van der Waals surface area contributed by atoms with Gasteiger partial charge in [0.25, 0.3) is 5.91 Å². The molecule has 6 heteroatoms. The van der Waals surface area contributed by atoms with Gasteiger partial charge in [-0.3, -0.25) is 4.79 Å². The van der Waals surface area contributed by atoms with E-state index in [2.05, 4.69) is 5.32 Å². The molecule has 5 nitrogen and oxygen atoms in total. The van der Waals surface area contributed by atoms with Crippen LogP contribution in [0.4, 0.5) is 0 Å². The Hall–Kier alpha value is -1.85. The molecule has 1 heterocycles. The highest BCUT2D eigenvalue weighted by Gasteiger charge is 2.22. The van der Waals surface area contributed by atoms with Crippen LogP contribution in [0.5, 0.6) is 0 Å². The van der Waals surface area contributed by atoms with E-state index in [4.69, 9.17) is 10.2 Å². The topological polar surface area (TPSA) is 85.3 Å². The van der Waals surface area contributed by atoms with Crippen molar-refractivity contribution < 1.29 is 9.21 Å². The number of para-hydroxylation sites is 1. The normalized spacial score (nSPS) is 10.9. The Kier molecular flexibility index (Phi) is 4.92. The van der Waals surface area contributed by atoms with Gasteiger partial charge in [0.05, 0.1) is 0 Å². The van der Waals surface area contributed by atoms with E-state index in [0.29, 0.717) is 11.0 Å². The number of fused-ring (bicyclic) bond motifs is 1. The minimum atomic E-state index is -0.649. The SMILES string of the molecule is CC(C)(CN)NC(=O)c1cc2ccccc2oc1=O.Cl. The van der Waals surface area contributed by atoms with Crippen LogP contribution in [0.25, 0.3) is 11.0 Å². The van der Waals surface area contributed by atoms with E-state index in [0.717, 1.165) is 0 Å². The molecule has 0 atom stereocenters. The van der Waals surface area contributed by atoms with Gasteiger partial charge in [-0.2, -0.15) is 0 Å². The molecule has 0 saturated carbocycles. The van der Waals surface area contributed by atoms with Gasteiger partial charge >= 0.3 is 5.63 Å². The maximum absolute atomic E-state index is 12.1. The molecule has 0 aliphatic rings. The number of rotatable bonds is 3. The van der Waals surface area contributed by atoms with Crippen LogP contribution in [0.2, 0.25) is 0 Å². The second-order valence-electron chi connectivity index (χ2n) is 5.03. The molecular formula is C14H17ClN2O3. The van der Waals surface area contributed by atoms with Crippen LogP contribution in [0.3, 0.4) is 0 Å². The van der Waals surface area contributed by atoms with E-state index >= 15 is 0 Å². The van der Waals surface area contributed by atoms with E-state index in [1.54, 1.807) is 32.0 Å². The summed E-state index contributed by atoms with van der Waals surface area (Å²) in [6.45, 7) is 3.85. The fourth-order valence-corrected chi connectivity index (χ4v) is 1.65. The van der Waals surface area contributed by atoms with Crippen LogP contribution < -0.4 is 16.7 Å². The summed E-state index contributed by atoms with van der Waals surface area (Å²) in [5.41, 5.74) is 4.77. The highest BCUT2D eigenvalue weighted by molar-refractivity contribution is 5.97. The number of nitrogens with two attached hydrogens (primary N) is 1. The van der Waals surface area contributed by atoms with Crippen molar-refractivity contribution in [1.29, 1.82) is 0 Å². The quantitative estimate of drug-likeness (QED) is 0.844. The number of halogens is 1. The molecule has 0 spiro atoms. The summed E-state index contributed by atoms with van der Waals surface area (Å²) in [6, 6.07) is 8.57. The number of hydrogen-bond acceptors (Lipinski definition) is 4. The van der Waals surface area contributed by atoms with E-state index in [9.17, 15) is 9.59 Å². The van der Waals surface area contributed by atoms with Crippen LogP contribution in [0.15, 0.2) is 39.5 Å². The molecule has 1 aromatic carbocycles. The van der Waals surface area contributed by atoms with Crippen molar-refractivity contribution in [3.8, 4) is 0 Å². The van der Waals surface area contributed by atoms with Crippen LogP contribution in [-0.2, 0) is 0 Å². The van der Waals surface area contributed by atoms with Gasteiger partial charge in [-0.25, -0.2) is 4.79 Å². The third-order valence-corrected chi connectivity index (χ3v) is 2.85.